The number of rotatable bonds is 1. The van der Waals surface area contributed by atoms with E-state index in [1.165, 1.54) is 0 Å². The number of hydrogen-bond donors (Lipinski definition) is 1. The summed E-state index contributed by atoms with van der Waals surface area (Å²) >= 11 is 0. The predicted molar refractivity (Wildman–Crippen MR) is 49.1 cm³/mol. The van der Waals surface area contributed by atoms with Gasteiger partial charge in [-0.05, 0) is 30.2 Å². The molecule has 0 saturated heterocycles. The summed E-state index contributed by atoms with van der Waals surface area (Å²) in [7, 11) is 0. The van der Waals surface area contributed by atoms with E-state index in [0.29, 0.717) is 12.1 Å². The van der Waals surface area contributed by atoms with Crippen LogP contribution < -0.4 is 5.73 Å². The van der Waals surface area contributed by atoms with Gasteiger partial charge in [0.05, 0.1) is 11.1 Å². The lowest BCUT2D eigenvalue weighted by Gasteiger charge is -2.18. The highest BCUT2D eigenvalue weighted by molar-refractivity contribution is 5.43. The first-order chi connectivity index (χ1) is 7.59. The van der Waals surface area contributed by atoms with Crippen LogP contribution in [0.5, 0.6) is 0 Å². The van der Waals surface area contributed by atoms with Gasteiger partial charge in [0.25, 0.3) is 0 Å². The molecule has 0 amide bonds. The predicted octanol–water partition coefficient (Wildman–Crippen LogP) is 3.49. The summed E-state index contributed by atoms with van der Waals surface area (Å²) in [5, 5.41) is 0. The summed E-state index contributed by atoms with van der Waals surface area (Å²) < 4.78 is 74.9. The van der Waals surface area contributed by atoms with E-state index < -0.39 is 41.2 Å². The average molecular weight is 257 g/mol. The van der Waals surface area contributed by atoms with Gasteiger partial charge in [-0.1, -0.05) is 0 Å². The maximum Gasteiger partial charge on any atom is 0.416 e. The van der Waals surface area contributed by atoms with E-state index in [4.69, 9.17) is 5.73 Å². The van der Waals surface area contributed by atoms with E-state index >= 15 is 0 Å². The summed E-state index contributed by atoms with van der Waals surface area (Å²) in [5.41, 5.74) is 1.88. The van der Waals surface area contributed by atoms with Gasteiger partial charge in [0.2, 0.25) is 0 Å². The van der Waals surface area contributed by atoms with Gasteiger partial charge in [-0.15, -0.1) is 0 Å². The first kappa shape index (κ1) is 13.8. The molecule has 0 aliphatic heterocycles. The minimum atomic E-state index is -4.70. The van der Waals surface area contributed by atoms with E-state index in [9.17, 15) is 26.3 Å². The molecule has 2 N–H and O–H groups in total. The fourth-order valence-electron chi connectivity index (χ4n) is 1.59. The van der Waals surface area contributed by atoms with Gasteiger partial charge in [0.15, 0.2) is 0 Å². The van der Waals surface area contributed by atoms with Crippen molar-refractivity contribution in [3.63, 3.8) is 0 Å². The zero-order valence-electron chi connectivity index (χ0n) is 8.71. The largest absolute Gasteiger partial charge is 0.416 e. The van der Waals surface area contributed by atoms with Crippen molar-refractivity contribution >= 4 is 0 Å². The van der Waals surface area contributed by atoms with E-state index in [0.717, 1.165) is 6.92 Å². The van der Waals surface area contributed by atoms with E-state index in [1.807, 2.05) is 0 Å². The van der Waals surface area contributed by atoms with Gasteiger partial charge >= 0.3 is 12.4 Å². The molecule has 7 heteroatoms. The van der Waals surface area contributed by atoms with Crippen LogP contribution in [0.4, 0.5) is 26.3 Å². The van der Waals surface area contributed by atoms with Crippen molar-refractivity contribution in [3.8, 4) is 0 Å². The van der Waals surface area contributed by atoms with E-state index in [-0.39, 0.29) is 0 Å². The quantitative estimate of drug-likeness (QED) is 0.766. The fraction of sp³-hybridized carbons (Fsp3) is 0.400. The third-order valence-electron chi connectivity index (χ3n) is 2.41. The monoisotopic (exact) mass is 257 g/mol. The van der Waals surface area contributed by atoms with Gasteiger partial charge in [0.1, 0.15) is 0 Å². The molecule has 1 nitrogen and oxygen atoms in total. The molecule has 96 valence electrons. The van der Waals surface area contributed by atoms with Crippen LogP contribution in [0, 0.1) is 6.92 Å². The summed E-state index contributed by atoms with van der Waals surface area (Å²) in [6, 6.07) is 0.843. The lowest BCUT2D eigenvalue weighted by atomic mass is 9.96. The second-order valence-corrected chi connectivity index (χ2v) is 3.46. The third-order valence-corrected chi connectivity index (χ3v) is 2.41. The molecular formula is C10H9F6N. The highest BCUT2D eigenvalue weighted by atomic mass is 19.4. The Balaban J connectivity index is 3.49. The molecule has 1 rings (SSSR count). The molecule has 0 spiro atoms. The normalized spacial score (nSPS) is 12.9. The van der Waals surface area contributed by atoms with Crippen molar-refractivity contribution in [2.45, 2.75) is 25.8 Å². The van der Waals surface area contributed by atoms with E-state index in [2.05, 4.69) is 0 Å². The van der Waals surface area contributed by atoms with Crippen LogP contribution in [-0.4, -0.2) is 0 Å². The molecule has 0 aromatic heterocycles. The van der Waals surface area contributed by atoms with Crippen LogP contribution in [0.2, 0.25) is 0 Å². The highest BCUT2D eigenvalue weighted by Gasteiger charge is 2.38. The molecule has 0 saturated carbocycles. The number of nitrogens with two attached hydrogens (primary N) is 1. The lowest BCUT2D eigenvalue weighted by molar-refractivity contribution is -0.142. The molecule has 17 heavy (non-hydrogen) atoms. The summed E-state index contributed by atoms with van der Waals surface area (Å²) in [4.78, 5) is 0. The number of benzene rings is 1. The molecule has 0 atom stereocenters. The van der Waals surface area contributed by atoms with Crippen molar-refractivity contribution in [1.82, 2.24) is 0 Å². The first-order valence-corrected chi connectivity index (χ1v) is 4.56. The maximum atomic E-state index is 12.5. The second kappa shape index (κ2) is 4.21. The topological polar surface area (TPSA) is 26.0 Å². The number of halogens is 6. The zero-order valence-corrected chi connectivity index (χ0v) is 8.71. The molecule has 1 aromatic rings. The van der Waals surface area contributed by atoms with Crippen LogP contribution in [0.15, 0.2) is 12.1 Å². The van der Waals surface area contributed by atoms with Crippen molar-refractivity contribution < 1.29 is 26.3 Å². The SMILES string of the molecule is Cc1c(C(F)(F)F)ccc(C(F)(F)F)c1CN. The van der Waals surface area contributed by atoms with Crippen LogP contribution in [0.1, 0.15) is 22.3 Å². The van der Waals surface area contributed by atoms with Gasteiger partial charge < -0.3 is 5.73 Å². The summed E-state index contributed by atoms with van der Waals surface area (Å²) in [6.07, 6.45) is -9.39. The lowest BCUT2D eigenvalue weighted by Crippen LogP contribution is -2.17. The Hall–Kier alpha value is -1.24. The highest BCUT2D eigenvalue weighted by Crippen LogP contribution is 2.38. The molecule has 0 aliphatic carbocycles. The number of hydrogen-bond acceptors (Lipinski definition) is 1. The van der Waals surface area contributed by atoms with Crippen LogP contribution >= 0.6 is 0 Å². The molecule has 0 heterocycles. The van der Waals surface area contributed by atoms with Crippen LogP contribution in [0.3, 0.4) is 0 Å². The Morgan fingerprint density at radius 1 is 0.941 bits per heavy atom. The molecular weight excluding hydrogens is 248 g/mol. The smallest absolute Gasteiger partial charge is 0.326 e. The Labute approximate surface area is 93.2 Å². The van der Waals surface area contributed by atoms with E-state index in [1.54, 1.807) is 0 Å². The molecule has 0 bridgehead atoms. The molecule has 0 fully saturated rings. The van der Waals surface area contributed by atoms with Gasteiger partial charge in [-0.2, -0.15) is 26.3 Å². The van der Waals surface area contributed by atoms with Gasteiger partial charge in [0, 0.05) is 6.54 Å². The van der Waals surface area contributed by atoms with Crippen molar-refractivity contribution in [2.75, 3.05) is 0 Å². The summed E-state index contributed by atoms with van der Waals surface area (Å²) in [6.45, 7) is 0.394. The second-order valence-electron chi connectivity index (χ2n) is 3.46. The molecule has 0 radical (unpaired) electrons. The Morgan fingerprint density at radius 2 is 1.35 bits per heavy atom. The van der Waals surface area contributed by atoms with Gasteiger partial charge in [-0.25, -0.2) is 0 Å². The van der Waals surface area contributed by atoms with Crippen molar-refractivity contribution in [1.29, 1.82) is 0 Å². The molecule has 0 unspecified atom stereocenters. The maximum absolute atomic E-state index is 12.5. The Morgan fingerprint density at radius 3 is 1.71 bits per heavy atom. The summed E-state index contributed by atoms with van der Waals surface area (Å²) in [5.74, 6) is 0. The standard InChI is InChI=1S/C10H9F6N/c1-5-6(4-17)8(10(14,15)16)3-2-7(5)9(11,12)13/h2-3H,4,17H2,1H3. The van der Waals surface area contributed by atoms with Crippen molar-refractivity contribution in [3.05, 3.63) is 34.4 Å². The number of alkyl halides is 6. The van der Waals surface area contributed by atoms with Gasteiger partial charge in [-0.3, -0.25) is 0 Å². The first-order valence-electron chi connectivity index (χ1n) is 4.56. The fourth-order valence-corrected chi connectivity index (χ4v) is 1.59. The Bertz CT molecular complexity index is 418. The average Bonchev–Trinajstić information content (AvgIpc) is 2.13. The van der Waals surface area contributed by atoms with Crippen LogP contribution in [0.25, 0.3) is 0 Å². The zero-order chi connectivity index (χ0) is 13.4. The minimum absolute atomic E-state index is 0.415. The van der Waals surface area contributed by atoms with Crippen LogP contribution in [-0.2, 0) is 18.9 Å². The third kappa shape index (κ3) is 2.71. The molecule has 1 aromatic carbocycles. The molecule has 0 aliphatic rings. The minimum Gasteiger partial charge on any atom is -0.326 e. The Kier molecular flexibility index (Phi) is 3.42. The van der Waals surface area contributed by atoms with Crippen molar-refractivity contribution in [2.24, 2.45) is 5.73 Å².